The van der Waals surface area contributed by atoms with Gasteiger partial charge in [0.05, 0.1) is 36.9 Å². The van der Waals surface area contributed by atoms with Crippen LogP contribution in [0.1, 0.15) is 34.3 Å². The van der Waals surface area contributed by atoms with Gasteiger partial charge in [-0.15, -0.1) is 0 Å². The van der Waals surface area contributed by atoms with Gasteiger partial charge in [-0.2, -0.15) is 27.1 Å². The van der Waals surface area contributed by atoms with Crippen molar-refractivity contribution >= 4 is 57.9 Å². The highest BCUT2D eigenvalue weighted by molar-refractivity contribution is 6.30. The SMILES string of the molecule is NC(=O)c1cc(NC2=NCC(F)CN2)c2cnn(C(C(N)=O)[C@@H](CC(=O)OC(=O)C(F)(F)F)c3cc(Cl)cc(OC(F)F)c3)c2c1. The minimum absolute atomic E-state index is 0.0433. The van der Waals surface area contributed by atoms with E-state index in [1.807, 2.05) is 0 Å². The summed E-state index contributed by atoms with van der Waals surface area (Å²) in [5.41, 5.74) is 10.9. The van der Waals surface area contributed by atoms with E-state index in [1.165, 1.54) is 18.3 Å². The highest BCUT2D eigenvalue weighted by atomic mass is 35.5. The van der Waals surface area contributed by atoms with Crippen LogP contribution in [0, 0.1) is 0 Å². The molecule has 0 fully saturated rings. The fourth-order valence-electron chi connectivity index (χ4n) is 4.60. The Balaban J connectivity index is 1.87. The van der Waals surface area contributed by atoms with Crippen molar-refractivity contribution in [1.29, 1.82) is 0 Å². The number of nitrogens with zero attached hydrogens (tertiary/aromatic N) is 3. The number of rotatable bonds is 10. The van der Waals surface area contributed by atoms with Gasteiger partial charge >= 0.3 is 24.7 Å². The van der Waals surface area contributed by atoms with Crippen LogP contribution >= 0.6 is 11.6 Å². The number of hydrogen-bond donors (Lipinski definition) is 4. The molecule has 3 atom stereocenters. The van der Waals surface area contributed by atoms with E-state index in [0.717, 1.165) is 22.9 Å². The van der Waals surface area contributed by atoms with Crippen molar-refractivity contribution < 1.29 is 55.0 Å². The van der Waals surface area contributed by atoms with E-state index in [-0.39, 0.29) is 51.8 Å². The molecule has 2 aromatic carbocycles. The van der Waals surface area contributed by atoms with Gasteiger partial charge in [-0.05, 0) is 35.9 Å². The lowest BCUT2D eigenvalue weighted by Crippen LogP contribution is -2.41. The Labute approximate surface area is 258 Å². The number of primary amides is 2. The average Bonchev–Trinajstić information content (AvgIpc) is 3.36. The molecule has 0 bridgehead atoms. The van der Waals surface area contributed by atoms with Crippen molar-refractivity contribution in [2.24, 2.45) is 16.5 Å². The van der Waals surface area contributed by atoms with Crippen molar-refractivity contribution in [3.8, 4) is 5.75 Å². The molecule has 3 aromatic rings. The van der Waals surface area contributed by atoms with Crippen LogP contribution in [0.15, 0.2) is 41.5 Å². The molecule has 246 valence electrons. The maximum Gasteiger partial charge on any atom is 0.491 e. The third kappa shape index (κ3) is 7.95. The Morgan fingerprint density at radius 2 is 1.85 bits per heavy atom. The van der Waals surface area contributed by atoms with Crippen molar-refractivity contribution in [1.82, 2.24) is 15.1 Å². The largest absolute Gasteiger partial charge is 0.491 e. The number of anilines is 1. The molecule has 0 spiro atoms. The summed E-state index contributed by atoms with van der Waals surface area (Å²) >= 11 is 6.06. The molecule has 20 heteroatoms. The summed E-state index contributed by atoms with van der Waals surface area (Å²) in [5.74, 6) is -8.99. The van der Waals surface area contributed by atoms with Crippen LogP contribution in [0.5, 0.6) is 5.75 Å². The number of aliphatic imine (C=N–C) groups is 1. The molecule has 6 N–H and O–H groups in total. The highest BCUT2D eigenvalue weighted by Crippen LogP contribution is 2.39. The summed E-state index contributed by atoms with van der Waals surface area (Å²) < 4.78 is 87.2. The Kier molecular flexibility index (Phi) is 9.93. The van der Waals surface area contributed by atoms with Gasteiger partial charge < -0.3 is 31.6 Å². The van der Waals surface area contributed by atoms with Crippen LogP contribution in [0.4, 0.5) is 32.0 Å². The molecule has 4 rings (SSSR count). The number of guanidine groups is 1. The number of alkyl halides is 6. The first-order chi connectivity index (χ1) is 21.5. The van der Waals surface area contributed by atoms with Gasteiger partial charge in [0.25, 0.3) is 0 Å². The second-order valence-electron chi connectivity index (χ2n) is 9.72. The minimum Gasteiger partial charge on any atom is -0.435 e. The topological polar surface area (TPSA) is 193 Å². The minimum atomic E-state index is -5.56. The number of esters is 2. The number of carbonyl (C=O) groups excluding carboxylic acids is 4. The third-order valence-corrected chi connectivity index (χ3v) is 6.72. The highest BCUT2D eigenvalue weighted by Gasteiger charge is 2.43. The molecule has 2 amide bonds. The Hall–Kier alpha value is -5.07. The molecule has 1 aliphatic rings. The third-order valence-electron chi connectivity index (χ3n) is 6.50. The number of carbonyl (C=O) groups is 4. The van der Waals surface area contributed by atoms with E-state index in [2.05, 4.69) is 30.2 Å². The molecule has 13 nitrogen and oxygen atoms in total. The predicted molar refractivity (Wildman–Crippen MR) is 148 cm³/mol. The number of halogens is 7. The first kappa shape index (κ1) is 33.8. The monoisotopic (exact) mass is 677 g/mol. The molecule has 2 heterocycles. The zero-order chi connectivity index (χ0) is 33.9. The molecular weight excluding hydrogens is 656 g/mol. The molecular formula is C26H22ClF6N7O6. The van der Waals surface area contributed by atoms with Crippen LogP contribution in [0.3, 0.4) is 0 Å². The van der Waals surface area contributed by atoms with E-state index in [0.29, 0.717) is 0 Å². The molecule has 46 heavy (non-hydrogen) atoms. The number of ether oxygens (including phenoxy) is 2. The van der Waals surface area contributed by atoms with E-state index >= 15 is 0 Å². The number of fused-ring (bicyclic) bond motifs is 1. The zero-order valence-corrected chi connectivity index (χ0v) is 23.7. The second-order valence-corrected chi connectivity index (χ2v) is 10.2. The lowest BCUT2D eigenvalue weighted by atomic mass is 9.87. The van der Waals surface area contributed by atoms with Crippen molar-refractivity contribution in [3.63, 3.8) is 0 Å². The van der Waals surface area contributed by atoms with Crippen LogP contribution < -0.4 is 26.8 Å². The predicted octanol–water partition coefficient (Wildman–Crippen LogP) is 2.93. The standard InChI is InChI=1S/C26H22ClF6N7O6/c27-12-1-10(2-14(5-12)45-24(29)30)15(6-19(41)46-23(44)26(31,32)33)20(22(35)43)40-18-4-11(21(34)42)3-17(16(18)9-38-40)39-25-36-7-13(28)8-37-25/h1-5,9,13,15,20,24H,6-8H2,(H2,34,42)(H2,35,43)(H2,36,37,39)/t15-,20?/m0/s1. The maximum absolute atomic E-state index is 13.6. The summed E-state index contributed by atoms with van der Waals surface area (Å²) in [6.07, 6.45) is -6.80. The Morgan fingerprint density at radius 3 is 2.43 bits per heavy atom. The Morgan fingerprint density at radius 1 is 1.13 bits per heavy atom. The van der Waals surface area contributed by atoms with Gasteiger partial charge in [-0.25, -0.2) is 14.2 Å². The summed E-state index contributed by atoms with van der Waals surface area (Å²) in [6, 6.07) is 3.59. The number of nitrogens with one attached hydrogen (secondary N) is 2. The molecule has 0 saturated carbocycles. The van der Waals surface area contributed by atoms with E-state index in [9.17, 15) is 45.5 Å². The lowest BCUT2D eigenvalue weighted by Gasteiger charge is -2.26. The number of nitrogens with two attached hydrogens (primary N) is 2. The quantitative estimate of drug-likeness (QED) is 0.142. The van der Waals surface area contributed by atoms with E-state index in [4.69, 9.17) is 23.1 Å². The maximum atomic E-state index is 13.6. The molecule has 1 aromatic heterocycles. The number of benzene rings is 2. The second kappa shape index (κ2) is 13.5. The zero-order valence-electron chi connectivity index (χ0n) is 23.0. The molecule has 0 saturated heterocycles. The fourth-order valence-corrected chi connectivity index (χ4v) is 4.83. The first-order valence-corrected chi connectivity index (χ1v) is 13.3. The van der Waals surface area contributed by atoms with Crippen LogP contribution in [0.25, 0.3) is 10.9 Å². The number of amides is 2. The Bertz CT molecular complexity index is 1720. The van der Waals surface area contributed by atoms with Gasteiger partial charge in [0.15, 0.2) is 5.96 Å². The molecule has 1 aliphatic heterocycles. The molecule has 0 aliphatic carbocycles. The van der Waals surface area contributed by atoms with Crippen LogP contribution in [-0.4, -0.2) is 71.5 Å². The lowest BCUT2D eigenvalue weighted by molar-refractivity contribution is -0.202. The first-order valence-electron chi connectivity index (χ1n) is 12.9. The fraction of sp³-hybridized carbons (Fsp3) is 0.308. The van der Waals surface area contributed by atoms with Gasteiger partial charge in [0.1, 0.15) is 18.0 Å². The van der Waals surface area contributed by atoms with E-state index in [1.54, 1.807) is 0 Å². The molecule has 0 radical (unpaired) electrons. The average molecular weight is 678 g/mol. The normalized spacial score (nSPS) is 16.3. The van der Waals surface area contributed by atoms with Gasteiger partial charge in [-0.3, -0.25) is 19.1 Å². The molecule has 2 unspecified atom stereocenters. The van der Waals surface area contributed by atoms with Crippen LogP contribution in [-0.2, 0) is 19.1 Å². The van der Waals surface area contributed by atoms with Gasteiger partial charge in [0.2, 0.25) is 11.8 Å². The van der Waals surface area contributed by atoms with E-state index < -0.39 is 66.8 Å². The van der Waals surface area contributed by atoms with Crippen molar-refractivity contribution in [2.45, 2.75) is 37.3 Å². The van der Waals surface area contributed by atoms with Crippen LogP contribution in [0.2, 0.25) is 5.02 Å². The smallest absolute Gasteiger partial charge is 0.435 e. The number of hydrogen-bond acceptors (Lipinski definition) is 10. The summed E-state index contributed by atoms with van der Waals surface area (Å²) in [5, 5.41) is 9.63. The van der Waals surface area contributed by atoms with Crippen molar-refractivity contribution in [3.05, 3.63) is 52.7 Å². The van der Waals surface area contributed by atoms with Crippen molar-refractivity contribution in [2.75, 3.05) is 18.4 Å². The van der Waals surface area contributed by atoms with Gasteiger partial charge in [-0.1, -0.05) is 11.6 Å². The summed E-state index contributed by atoms with van der Waals surface area (Å²) in [6.45, 7) is -3.61. The van der Waals surface area contributed by atoms with Gasteiger partial charge in [0, 0.05) is 21.9 Å². The number of aromatic nitrogens is 2. The summed E-state index contributed by atoms with van der Waals surface area (Å²) in [7, 11) is 0. The summed E-state index contributed by atoms with van der Waals surface area (Å²) in [4.78, 5) is 53.2.